The molecule has 0 aromatic rings. The topological polar surface area (TPSA) is 69.6 Å². The smallest absolute Gasteiger partial charge is 0.211 e. The molecule has 0 saturated heterocycles. The predicted molar refractivity (Wildman–Crippen MR) is 75.1 cm³/mol. The number of hydrogen-bond donors (Lipinski definition) is 2. The molecule has 0 fully saturated rings. The second-order valence-corrected chi connectivity index (χ2v) is 6.46. The molecule has 0 aliphatic carbocycles. The number of rotatable bonds is 11. The second kappa shape index (κ2) is 9.72. The summed E-state index contributed by atoms with van der Waals surface area (Å²) in [6.45, 7) is 9.14. The van der Waals surface area contributed by atoms with Gasteiger partial charge >= 0.3 is 0 Å². The summed E-state index contributed by atoms with van der Waals surface area (Å²) < 4.78 is 25.8. The highest BCUT2D eigenvalue weighted by atomic mass is 32.2. The van der Waals surface area contributed by atoms with Crippen molar-refractivity contribution in [3.8, 4) is 0 Å². The van der Waals surface area contributed by atoms with Gasteiger partial charge in [0.1, 0.15) is 0 Å². The van der Waals surface area contributed by atoms with E-state index in [1.807, 2.05) is 6.92 Å². The van der Waals surface area contributed by atoms with Gasteiger partial charge in [0.05, 0.1) is 5.75 Å². The van der Waals surface area contributed by atoms with Crippen molar-refractivity contribution in [3.05, 3.63) is 0 Å². The second-order valence-electron chi connectivity index (χ2n) is 4.58. The SMILES string of the molecule is CCN(CC)CCCC(C)NS(=O)(=O)CCCO. The van der Waals surface area contributed by atoms with E-state index in [1.165, 1.54) is 0 Å². The zero-order valence-electron chi connectivity index (χ0n) is 11.9. The highest BCUT2D eigenvalue weighted by Gasteiger charge is 2.13. The van der Waals surface area contributed by atoms with Crippen LogP contribution in [0.2, 0.25) is 0 Å². The van der Waals surface area contributed by atoms with E-state index in [2.05, 4.69) is 23.5 Å². The van der Waals surface area contributed by atoms with E-state index in [1.54, 1.807) is 0 Å². The van der Waals surface area contributed by atoms with Gasteiger partial charge in [0.15, 0.2) is 0 Å². The number of sulfonamides is 1. The Morgan fingerprint density at radius 2 is 1.83 bits per heavy atom. The van der Waals surface area contributed by atoms with Crippen molar-refractivity contribution in [2.45, 2.75) is 46.1 Å². The van der Waals surface area contributed by atoms with Crippen LogP contribution >= 0.6 is 0 Å². The van der Waals surface area contributed by atoms with Crippen molar-refractivity contribution in [3.63, 3.8) is 0 Å². The van der Waals surface area contributed by atoms with Crippen LogP contribution in [0, 0.1) is 0 Å². The van der Waals surface area contributed by atoms with Crippen LogP contribution in [0.4, 0.5) is 0 Å². The minimum absolute atomic E-state index is 0.00385. The Bertz CT molecular complexity index is 290. The molecular formula is C12H28N2O3S. The summed E-state index contributed by atoms with van der Waals surface area (Å²) in [6.07, 6.45) is 2.13. The van der Waals surface area contributed by atoms with Gasteiger partial charge in [0.2, 0.25) is 10.0 Å². The van der Waals surface area contributed by atoms with Crippen LogP contribution in [-0.4, -0.2) is 56.5 Å². The van der Waals surface area contributed by atoms with Crippen molar-refractivity contribution in [2.24, 2.45) is 0 Å². The van der Waals surface area contributed by atoms with Crippen LogP contribution in [-0.2, 0) is 10.0 Å². The highest BCUT2D eigenvalue weighted by molar-refractivity contribution is 7.89. The summed E-state index contributed by atoms with van der Waals surface area (Å²) in [6, 6.07) is -0.0377. The lowest BCUT2D eigenvalue weighted by molar-refractivity contribution is 0.292. The van der Waals surface area contributed by atoms with Crippen molar-refractivity contribution in [1.29, 1.82) is 0 Å². The maximum absolute atomic E-state index is 11.6. The Morgan fingerprint density at radius 3 is 2.33 bits per heavy atom. The molecule has 0 bridgehead atoms. The number of aliphatic hydroxyl groups excluding tert-OH is 1. The molecule has 0 rings (SSSR count). The molecule has 0 spiro atoms. The van der Waals surface area contributed by atoms with Crippen molar-refractivity contribution < 1.29 is 13.5 Å². The largest absolute Gasteiger partial charge is 0.396 e. The third-order valence-corrected chi connectivity index (χ3v) is 4.55. The molecule has 1 unspecified atom stereocenters. The van der Waals surface area contributed by atoms with Gasteiger partial charge in [0.25, 0.3) is 0 Å². The van der Waals surface area contributed by atoms with E-state index < -0.39 is 10.0 Å². The molecule has 18 heavy (non-hydrogen) atoms. The minimum Gasteiger partial charge on any atom is -0.396 e. The molecule has 0 aliphatic rings. The molecule has 0 saturated carbocycles. The van der Waals surface area contributed by atoms with Crippen LogP contribution in [0.25, 0.3) is 0 Å². The van der Waals surface area contributed by atoms with Gasteiger partial charge in [-0.1, -0.05) is 13.8 Å². The lowest BCUT2D eigenvalue weighted by Crippen LogP contribution is -2.35. The molecule has 110 valence electrons. The van der Waals surface area contributed by atoms with E-state index in [0.29, 0.717) is 6.42 Å². The molecule has 0 aromatic carbocycles. The van der Waals surface area contributed by atoms with Crippen LogP contribution in [0.3, 0.4) is 0 Å². The Labute approximate surface area is 112 Å². The first-order valence-corrected chi connectivity index (χ1v) is 8.43. The Hall–Kier alpha value is -0.170. The van der Waals surface area contributed by atoms with Gasteiger partial charge in [-0.15, -0.1) is 0 Å². The summed E-state index contributed by atoms with van der Waals surface area (Å²) in [4.78, 5) is 2.33. The summed E-state index contributed by atoms with van der Waals surface area (Å²) in [7, 11) is -3.23. The van der Waals surface area contributed by atoms with Crippen LogP contribution in [0.5, 0.6) is 0 Å². The highest BCUT2D eigenvalue weighted by Crippen LogP contribution is 2.02. The quantitative estimate of drug-likeness (QED) is 0.587. The average molecular weight is 280 g/mol. The normalized spacial score (nSPS) is 14.1. The lowest BCUT2D eigenvalue weighted by Gasteiger charge is -2.19. The monoisotopic (exact) mass is 280 g/mol. The molecular weight excluding hydrogens is 252 g/mol. The van der Waals surface area contributed by atoms with Crippen molar-refractivity contribution in [1.82, 2.24) is 9.62 Å². The zero-order valence-corrected chi connectivity index (χ0v) is 12.7. The van der Waals surface area contributed by atoms with Crippen LogP contribution in [0.1, 0.15) is 40.0 Å². The molecule has 1 atom stereocenters. The van der Waals surface area contributed by atoms with Gasteiger partial charge in [0, 0.05) is 12.6 Å². The summed E-state index contributed by atoms with van der Waals surface area (Å²) in [5, 5.41) is 8.62. The molecule has 6 heteroatoms. The van der Waals surface area contributed by atoms with E-state index in [0.717, 1.165) is 32.5 Å². The fourth-order valence-electron chi connectivity index (χ4n) is 1.84. The Balaban J connectivity index is 3.86. The van der Waals surface area contributed by atoms with Gasteiger partial charge in [-0.2, -0.15) is 0 Å². The first kappa shape index (κ1) is 17.8. The fraction of sp³-hybridized carbons (Fsp3) is 1.00. The van der Waals surface area contributed by atoms with E-state index >= 15 is 0 Å². The first-order chi connectivity index (χ1) is 8.45. The van der Waals surface area contributed by atoms with Crippen LogP contribution < -0.4 is 4.72 Å². The van der Waals surface area contributed by atoms with Gasteiger partial charge in [-0.25, -0.2) is 13.1 Å². The van der Waals surface area contributed by atoms with Gasteiger partial charge in [-0.3, -0.25) is 0 Å². The number of aliphatic hydroxyl groups is 1. The van der Waals surface area contributed by atoms with Crippen molar-refractivity contribution >= 4 is 10.0 Å². The van der Waals surface area contributed by atoms with E-state index in [-0.39, 0.29) is 18.4 Å². The Morgan fingerprint density at radius 1 is 1.22 bits per heavy atom. The summed E-state index contributed by atoms with van der Waals surface area (Å²) >= 11 is 0. The standard InChI is InChI=1S/C12H28N2O3S/c1-4-14(5-2)9-6-8-12(3)13-18(16,17)11-7-10-15/h12-13,15H,4-11H2,1-3H3. The minimum atomic E-state index is -3.23. The average Bonchev–Trinajstić information content (AvgIpc) is 2.31. The zero-order chi connectivity index (χ0) is 14.0. The fourth-order valence-corrected chi connectivity index (χ4v) is 3.20. The predicted octanol–water partition coefficient (Wildman–Crippen LogP) is 0.799. The number of hydrogen-bond acceptors (Lipinski definition) is 4. The summed E-state index contributed by atoms with van der Waals surface area (Å²) in [5.74, 6) is 0.00385. The third-order valence-electron chi connectivity index (χ3n) is 2.96. The van der Waals surface area contributed by atoms with E-state index in [4.69, 9.17) is 5.11 Å². The number of nitrogens with one attached hydrogen (secondary N) is 1. The molecule has 0 aliphatic heterocycles. The maximum atomic E-state index is 11.6. The third kappa shape index (κ3) is 8.85. The molecule has 0 heterocycles. The molecule has 0 amide bonds. The van der Waals surface area contributed by atoms with Gasteiger partial charge < -0.3 is 10.0 Å². The van der Waals surface area contributed by atoms with Crippen LogP contribution in [0.15, 0.2) is 0 Å². The lowest BCUT2D eigenvalue weighted by atomic mass is 10.2. The number of nitrogens with zero attached hydrogens (tertiary/aromatic N) is 1. The molecule has 5 nitrogen and oxygen atoms in total. The maximum Gasteiger partial charge on any atom is 0.211 e. The van der Waals surface area contributed by atoms with Gasteiger partial charge in [-0.05, 0) is 45.8 Å². The van der Waals surface area contributed by atoms with Crippen molar-refractivity contribution in [2.75, 3.05) is 32.0 Å². The van der Waals surface area contributed by atoms with E-state index in [9.17, 15) is 8.42 Å². The molecule has 0 radical (unpaired) electrons. The molecule has 2 N–H and O–H groups in total. The first-order valence-electron chi connectivity index (χ1n) is 6.78. The summed E-state index contributed by atoms with van der Waals surface area (Å²) in [5.41, 5.74) is 0. The Kier molecular flexibility index (Phi) is 9.63. The molecule has 0 aromatic heterocycles.